The van der Waals surface area contributed by atoms with Gasteiger partial charge in [-0.15, -0.1) is 0 Å². The Labute approximate surface area is 100 Å². The van der Waals surface area contributed by atoms with Crippen molar-refractivity contribution < 1.29 is 0 Å². The Bertz CT molecular complexity index is 211. The van der Waals surface area contributed by atoms with E-state index in [0.717, 1.165) is 18.5 Å². The van der Waals surface area contributed by atoms with E-state index in [4.69, 9.17) is 5.73 Å². The second-order valence-corrected chi connectivity index (χ2v) is 5.84. The van der Waals surface area contributed by atoms with Gasteiger partial charge in [0.15, 0.2) is 0 Å². The molecule has 2 saturated carbocycles. The van der Waals surface area contributed by atoms with Gasteiger partial charge < -0.3 is 11.1 Å². The first-order valence-electron chi connectivity index (χ1n) is 7.28. The van der Waals surface area contributed by atoms with Crippen molar-refractivity contribution in [1.82, 2.24) is 5.32 Å². The van der Waals surface area contributed by atoms with E-state index in [0.29, 0.717) is 0 Å². The molecule has 3 N–H and O–H groups in total. The molecule has 0 spiro atoms. The third-order valence-electron chi connectivity index (χ3n) is 4.91. The molecule has 0 heterocycles. The van der Waals surface area contributed by atoms with Crippen molar-refractivity contribution in [3.05, 3.63) is 0 Å². The third-order valence-corrected chi connectivity index (χ3v) is 4.91. The average molecular weight is 224 g/mol. The van der Waals surface area contributed by atoms with Crippen LogP contribution in [0.15, 0.2) is 0 Å². The highest BCUT2D eigenvalue weighted by Gasteiger charge is 2.40. The van der Waals surface area contributed by atoms with Gasteiger partial charge in [0.1, 0.15) is 0 Å². The monoisotopic (exact) mass is 224 g/mol. The maximum atomic E-state index is 6.12. The summed E-state index contributed by atoms with van der Waals surface area (Å²) in [5, 5.41) is 3.96. The van der Waals surface area contributed by atoms with Crippen molar-refractivity contribution in [3.8, 4) is 0 Å². The molecule has 0 amide bonds. The zero-order valence-electron chi connectivity index (χ0n) is 10.8. The van der Waals surface area contributed by atoms with Gasteiger partial charge in [-0.2, -0.15) is 0 Å². The fourth-order valence-electron chi connectivity index (χ4n) is 3.90. The fourth-order valence-corrected chi connectivity index (χ4v) is 3.90. The van der Waals surface area contributed by atoms with Gasteiger partial charge >= 0.3 is 0 Å². The Morgan fingerprint density at radius 2 is 1.81 bits per heavy atom. The smallest absolute Gasteiger partial charge is 0.0334 e. The molecule has 2 heteroatoms. The highest BCUT2D eigenvalue weighted by atomic mass is 15.0. The van der Waals surface area contributed by atoms with Crippen LogP contribution in [0, 0.1) is 5.92 Å². The molecule has 2 aliphatic rings. The molecular weight excluding hydrogens is 196 g/mol. The van der Waals surface area contributed by atoms with Crippen LogP contribution >= 0.6 is 0 Å². The van der Waals surface area contributed by atoms with E-state index in [9.17, 15) is 0 Å². The van der Waals surface area contributed by atoms with Crippen molar-refractivity contribution in [2.45, 2.75) is 76.3 Å². The van der Waals surface area contributed by atoms with Crippen LogP contribution in [0.1, 0.15) is 64.7 Å². The van der Waals surface area contributed by atoms with Gasteiger partial charge in [-0.3, -0.25) is 0 Å². The lowest BCUT2D eigenvalue weighted by molar-refractivity contribution is 0.128. The predicted molar refractivity (Wildman–Crippen MR) is 69.4 cm³/mol. The van der Waals surface area contributed by atoms with Crippen molar-refractivity contribution in [2.24, 2.45) is 11.7 Å². The lowest BCUT2D eigenvalue weighted by atomic mass is 9.71. The molecule has 0 aromatic heterocycles. The minimum atomic E-state index is 0.280. The summed E-state index contributed by atoms with van der Waals surface area (Å²) in [6.07, 6.45) is 12.3. The fraction of sp³-hybridized carbons (Fsp3) is 1.00. The Morgan fingerprint density at radius 3 is 2.44 bits per heavy atom. The van der Waals surface area contributed by atoms with E-state index in [1.807, 2.05) is 0 Å². The lowest BCUT2D eigenvalue weighted by Crippen LogP contribution is -2.60. The average Bonchev–Trinajstić information content (AvgIpc) is 2.82. The Hall–Kier alpha value is -0.0800. The van der Waals surface area contributed by atoms with Crippen LogP contribution in [0.4, 0.5) is 0 Å². The second kappa shape index (κ2) is 5.50. The van der Waals surface area contributed by atoms with E-state index >= 15 is 0 Å². The molecule has 0 aromatic rings. The van der Waals surface area contributed by atoms with Gasteiger partial charge in [-0.25, -0.2) is 0 Å². The van der Waals surface area contributed by atoms with Crippen LogP contribution in [0.3, 0.4) is 0 Å². The number of rotatable bonds is 4. The van der Waals surface area contributed by atoms with E-state index in [1.54, 1.807) is 0 Å². The van der Waals surface area contributed by atoms with Gasteiger partial charge in [-0.1, -0.05) is 39.0 Å². The molecule has 2 atom stereocenters. The minimum Gasteiger partial charge on any atom is -0.329 e. The standard InChI is InChI=1S/C14H28N2/c1-2-12-7-5-6-10-14(12,11-15)16-13-8-3-4-9-13/h12-13,16H,2-11,15H2,1H3. The summed E-state index contributed by atoms with van der Waals surface area (Å²) >= 11 is 0. The van der Waals surface area contributed by atoms with Crippen molar-refractivity contribution in [2.75, 3.05) is 6.54 Å². The summed E-state index contributed by atoms with van der Waals surface area (Å²) in [4.78, 5) is 0. The molecule has 2 rings (SSSR count). The highest BCUT2D eigenvalue weighted by Crippen LogP contribution is 2.37. The zero-order chi connectivity index (χ0) is 11.4. The first kappa shape index (κ1) is 12.4. The SMILES string of the molecule is CCC1CCCCC1(CN)NC1CCCC1. The van der Waals surface area contributed by atoms with Gasteiger partial charge in [0, 0.05) is 18.1 Å². The molecule has 0 aromatic carbocycles. The van der Waals surface area contributed by atoms with Crippen LogP contribution in [0.25, 0.3) is 0 Å². The molecule has 0 saturated heterocycles. The van der Waals surface area contributed by atoms with E-state index in [-0.39, 0.29) is 5.54 Å². The van der Waals surface area contributed by atoms with Crippen molar-refractivity contribution in [1.29, 1.82) is 0 Å². The quantitative estimate of drug-likeness (QED) is 0.770. The maximum absolute atomic E-state index is 6.12. The molecule has 2 nitrogen and oxygen atoms in total. The maximum Gasteiger partial charge on any atom is 0.0334 e. The molecule has 0 aliphatic heterocycles. The summed E-state index contributed by atoms with van der Waals surface area (Å²) < 4.78 is 0. The Kier molecular flexibility index (Phi) is 4.26. The topological polar surface area (TPSA) is 38.0 Å². The van der Waals surface area contributed by atoms with Crippen molar-refractivity contribution in [3.63, 3.8) is 0 Å². The third kappa shape index (κ3) is 2.43. The molecular formula is C14H28N2. The summed E-state index contributed by atoms with van der Waals surface area (Å²) in [5.41, 5.74) is 6.40. The van der Waals surface area contributed by atoms with E-state index in [1.165, 1.54) is 57.8 Å². The number of nitrogens with one attached hydrogen (secondary N) is 1. The first-order chi connectivity index (χ1) is 7.80. The summed E-state index contributed by atoms with van der Waals surface area (Å²) in [7, 11) is 0. The second-order valence-electron chi connectivity index (χ2n) is 5.84. The normalized spacial score (nSPS) is 36.8. The summed E-state index contributed by atoms with van der Waals surface area (Å²) in [6, 6.07) is 0.760. The molecule has 0 radical (unpaired) electrons. The van der Waals surface area contributed by atoms with Gasteiger partial charge in [0.25, 0.3) is 0 Å². The molecule has 94 valence electrons. The summed E-state index contributed by atoms with van der Waals surface area (Å²) in [5.74, 6) is 0.812. The van der Waals surface area contributed by atoms with Crippen LogP contribution in [0.2, 0.25) is 0 Å². The van der Waals surface area contributed by atoms with Gasteiger partial charge in [0.2, 0.25) is 0 Å². The van der Waals surface area contributed by atoms with Crippen LogP contribution in [-0.4, -0.2) is 18.1 Å². The Morgan fingerprint density at radius 1 is 1.12 bits per heavy atom. The molecule has 2 unspecified atom stereocenters. The van der Waals surface area contributed by atoms with Crippen LogP contribution < -0.4 is 11.1 Å². The van der Waals surface area contributed by atoms with Crippen LogP contribution in [-0.2, 0) is 0 Å². The van der Waals surface area contributed by atoms with E-state index < -0.39 is 0 Å². The predicted octanol–water partition coefficient (Wildman–Crippen LogP) is 2.82. The first-order valence-corrected chi connectivity index (χ1v) is 7.28. The Balaban J connectivity index is 2.02. The lowest BCUT2D eigenvalue weighted by Gasteiger charge is -2.46. The molecule has 2 aliphatic carbocycles. The van der Waals surface area contributed by atoms with Crippen molar-refractivity contribution >= 4 is 0 Å². The number of hydrogen-bond donors (Lipinski definition) is 2. The summed E-state index contributed by atoms with van der Waals surface area (Å²) in [6.45, 7) is 3.17. The van der Waals surface area contributed by atoms with Gasteiger partial charge in [0.05, 0.1) is 0 Å². The van der Waals surface area contributed by atoms with Gasteiger partial charge in [-0.05, 0) is 31.6 Å². The minimum absolute atomic E-state index is 0.280. The highest BCUT2D eigenvalue weighted by molar-refractivity contribution is 5.00. The molecule has 16 heavy (non-hydrogen) atoms. The van der Waals surface area contributed by atoms with Crippen LogP contribution in [0.5, 0.6) is 0 Å². The number of nitrogens with two attached hydrogens (primary N) is 1. The molecule has 0 bridgehead atoms. The largest absolute Gasteiger partial charge is 0.329 e. The number of hydrogen-bond acceptors (Lipinski definition) is 2. The van der Waals surface area contributed by atoms with E-state index in [2.05, 4.69) is 12.2 Å². The zero-order valence-corrected chi connectivity index (χ0v) is 10.8. The molecule has 2 fully saturated rings.